The lowest BCUT2D eigenvalue weighted by Crippen LogP contribution is -2.36. The first-order valence-electron chi connectivity index (χ1n) is 11.8. The zero-order valence-electron chi connectivity index (χ0n) is 19.6. The lowest BCUT2D eigenvalue weighted by atomic mass is 9.90. The van der Waals surface area contributed by atoms with Crippen LogP contribution in [0.1, 0.15) is 0 Å². The summed E-state index contributed by atoms with van der Waals surface area (Å²) in [5, 5.41) is 20.7. The van der Waals surface area contributed by atoms with E-state index in [9.17, 15) is 10.0 Å². The summed E-state index contributed by atoms with van der Waals surface area (Å²) in [4.78, 5) is 22.7. The smallest absolute Gasteiger partial charge is 0.421 e. The minimum Gasteiger partial charge on any atom is -0.421 e. The van der Waals surface area contributed by atoms with Crippen molar-refractivity contribution in [3.63, 3.8) is 0 Å². The van der Waals surface area contributed by atoms with E-state index >= 15 is 0 Å². The first-order valence-corrected chi connectivity index (χ1v) is 11.8. The van der Waals surface area contributed by atoms with Gasteiger partial charge in [-0.2, -0.15) is 0 Å². The van der Waals surface area contributed by atoms with Crippen LogP contribution in [-0.4, -0.2) is 42.1 Å². The van der Waals surface area contributed by atoms with Crippen molar-refractivity contribution in [3.05, 3.63) is 109 Å². The third-order valence-corrected chi connectivity index (χ3v) is 5.98. The Hall–Kier alpha value is -4.79. The molecule has 0 amide bonds. The number of fused-ring (bicyclic) bond motifs is 1. The highest BCUT2D eigenvalue weighted by Gasteiger charge is 2.22. The van der Waals surface area contributed by atoms with Crippen molar-refractivity contribution in [2.75, 3.05) is 0 Å². The van der Waals surface area contributed by atoms with Crippen molar-refractivity contribution < 1.29 is 10.0 Å². The minimum atomic E-state index is -1.88. The summed E-state index contributed by atoms with van der Waals surface area (Å²) < 4.78 is 0. The summed E-state index contributed by atoms with van der Waals surface area (Å²) in [5.74, 6) is 0.720. The molecule has 6 rings (SSSR count). The van der Waals surface area contributed by atoms with E-state index in [-0.39, 0.29) is 17.4 Å². The zero-order valence-corrected chi connectivity index (χ0v) is 19.6. The van der Waals surface area contributed by atoms with Crippen molar-refractivity contribution >= 4 is 23.7 Å². The van der Waals surface area contributed by atoms with Crippen LogP contribution in [0.5, 0.6) is 0 Å². The van der Waals surface area contributed by atoms with Gasteiger partial charge in [-0.05, 0) is 17.2 Å². The van der Waals surface area contributed by atoms with Gasteiger partial charge in [0.25, 0.3) is 0 Å². The third-order valence-electron chi connectivity index (χ3n) is 5.98. The Morgan fingerprint density at radius 3 is 1.68 bits per heavy atom. The molecule has 0 spiro atoms. The largest absolute Gasteiger partial charge is 0.528 e. The third kappa shape index (κ3) is 4.59. The lowest BCUT2D eigenvalue weighted by Gasteiger charge is -2.10. The van der Waals surface area contributed by atoms with Gasteiger partial charge in [-0.3, -0.25) is 0 Å². The molecular weight excluding hydrogens is 461 g/mol. The van der Waals surface area contributed by atoms with Gasteiger partial charge in [0.15, 0.2) is 17.4 Å². The molecule has 7 nitrogen and oxygen atoms in total. The van der Waals surface area contributed by atoms with Crippen molar-refractivity contribution in [2.24, 2.45) is 0 Å². The molecule has 6 aromatic rings. The molecule has 0 bridgehead atoms. The molecule has 2 N–H and O–H groups in total. The van der Waals surface area contributed by atoms with Crippen molar-refractivity contribution in [1.82, 2.24) is 24.9 Å². The summed E-state index contributed by atoms with van der Waals surface area (Å²) in [6.07, 6.45) is 0. The van der Waals surface area contributed by atoms with Gasteiger partial charge in [-0.15, -0.1) is 0 Å². The molecule has 0 atom stereocenters. The highest BCUT2D eigenvalue weighted by molar-refractivity contribution is 6.56. The van der Waals surface area contributed by atoms with Gasteiger partial charge in [0.1, 0.15) is 0 Å². The Balaban J connectivity index is 1.49. The molecule has 0 fully saturated rings. The summed E-state index contributed by atoms with van der Waals surface area (Å²) in [6, 6.07) is 35.3. The first-order chi connectivity index (χ1) is 18.2. The Bertz CT molecular complexity index is 1700. The molecule has 37 heavy (non-hydrogen) atoms. The number of benzene rings is 4. The van der Waals surface area contributed by atoms with Crippen LogP contribution < -0.4 is 5.72 Å². The number of hydrogen-bond donors (Lipinski definition) is 2. The highest BCUT2D eigenvalue weighted by Crippen LogP contribution is 2.28. The van der Waals surface area contributed by atoms with Crippen molar-refractivity contribution in [3.8, 4) is 45.4 Å². The summed E-state index contributed by atoms with van der Waals surface area (Å²) >= 11 is 0. The molecule has 4 aromatic carbocycles. The van der Waals surface area contributed by atoms with Gasteiger partial charge in [0.2, 0.25) is 5.82 Å². The minimum absolute atomic E-state index is 0.156. The van der Waals surface area contributed by atoms with E-state index in [4.69, 9.17) is 9.97 Å². The standard InChI is InChI=1S/C29H20BN5O2/c36-30(37)29-34-26(22-17-15-20(16-18-22)19-9-3-1-4-10-19)33-28(35-29)27-31-24-14-8-7-13-23(24)25(32-27)21-11-5-2-6-12-21/h1-18,36-37H. The van der Waals surface area contributed by atoms with Crippen LogP contribution in [0.3, 0.4) is 0 Å². The number of hydrogen-bond acceptors (Lipinski definition) is 7. The van der Waals surface area contributed by atoms with Crippen molar-refractivity contribution in [1.29, 1.82) is 0 Å². The molecule has 2 aromatic heterocycles. The van der Waals surface area contributed by atoms with E-state index in [2.05, 4.69) is 15.0 Å². The van der Waals surface area contributed by atoms with Crippen molar-refractivity contribution in [2.45, 2.75) is 0 Å². The van der Waals surface area contributed by atoms with Crippen LogP contribution >= 0.6 is 0 Å². The Morgan fingerprint density at radius 2 is 0.973 bits per heavy atom. The second-order valence-electron chi connectivity index (χ2n) is 8.44. The molecule has 0 saturated carbocycles. The first kappa shape index (κ1) is 22.7. The van der Waals surface area contributed by atoms with Crippen LogP contribution in [0.25, 0.3) is 56.3 Å². The Morgan fingerprint density at radius 1 is 0.432 bits per heavy atom. The van der Waals surface area contributed by atoms with E-state index in [1.807, 2.05) is 109 Å². The fourth-order valence-corrected chi connectivity index (χ4v) is 4.17. The maximum atomic E-state index is 9.93. The molecule has 176 valence electrons. The molecule has 0 aliphatic carbocycles. The van der Waals surface area contributed by atoms with Gasteiger partial charge in [-0.25, -0.2) is 24.9 Å². The van der Waals surface area contributed by atoms with Crippen LogP contribution in [0.4, 0.5) is 0 Å². The zero-order chi connectivity index (χ0) is 25.2. The van der Waals surface area contributed by atoms with Gasteiger partial charge in [0, 0.05) is 16.5 Å². The maximum absolute atomic E-state index is 9.93. The second kappa shape index (κ2) is 9.70. The molecule has 0 saturated heterocycles. The van der Waals surface area contributed by atoms with Crippen LogP contribution in [0.15, 0.2) is 109 Å². The topological polar surface area (TPSA) is 105 Å². The number of para-hydroxylation sites is 1. The summed E-state index contributed by atoms with van der Waals surface area (Å²) in [6.45, 7) is 0. The van der Waals surface area contributed by atoms with E-state index in [1.165, 1.54) is 0 Å². The highest BCUT2D eigenvalue weighted by atomic mass is 16.4. The lowest BCUT2D eigenvalue weighted by molar-refractivity contribution is 0.422. The molecule has 0 aliphatic rings. The van der Waals surface area contributed by atoms with Crippen LogP contribution in [0, 0.1) is 0 Å². The quantitative estimate of drug-likeness (QED) is 0.356. The number of rotatable bonds is 5. The average molecular weight is 481 g/mol. The maximum Gasteiger partial charge on any atom is 0.528 e. The predicted octanol–water partition coefficient (Wildman–Crippen LogP) is 4.16. The van der Waals surface area contributed by atoms with E-state index < -0.39 is 7.12 Å². The van der Waals surface area contributed by atoms with E-state index in [1.54, 1.807) is 0 Å². The van der Waals surface area contributed by atoms with E-state index in [0.717, 1.165) is 33.3 Å². The molecule has 0 radical (unpaired) electrons. The Labute approximate surface area is 213 Å². The van der Waals surface area contributed by atoms with Crippen LogP contribution in [0.2, 0.25) is 0 Å². The predicted molar refractivity (Wildman–Crippen MR) is 144 cm³/mol. The summed E-state index contributed by atoms with van der Waals surface area (Å²) in [7, 11) is -1.88. The SMILES string of the molecule is OB(O)c1nc(-c2ccc(-c3ccccc3)cc2)nc(-c2nc(-c3ccccc3)c3ccccc3n2)n1. The monoisotopic (exact) mass is 481 g/mol. The second-order valence-corrected chi connectivity index (χ2v) is 8.44. The fourth-order valence-electron chi connectivity index (χ4n) is 4.17. The van der Waals surface area contributed by atoms with Gasteiger partial charge >= 0.3 is 7.12 Å². The summed E-state index contributed by atoms with van der Waals surface area (Å²) in [5.41, 5.74) is 5.06. The molecular formula is C29H20BN5O2. The van der Waals surface area contributed by atoms with Gasteiger partial charge < -0.3 is 10.0 Å². The molecule has 2 heterocycles. The van der Waals surface area contributed by atoms with Crippen LogP contribution in [-0.2, 0) is 0 Å². The Kier molecular flexibility index (Phi) is 5.94. The fraction of sp³-hybridized carbons (Fsp3) is 0. The number of aromatic nitrogens is 5. The van der Waals surface area contributed by atoms with Gasteiger partial charge in [0.05, 0.1) is 11.2 Å². The molecule has 0 aliphatic heterocycles. The molecule has 8 heteroatoms. The number of nitrogens with zero attached hydrogens (tertiary/aromatic N) is 5. The van der Waals surface area contributed by atoms with Gasteiger partial charge in [-0.1, -0.05) is 103 Å². The van der Waals surface area contributed by atoms with E-state index in [0.29, 0.717) is 11.4 Å². The average Bonchev–Trinajstić information content (AvgIpc) is 2.97. The normalized spacial score (nSPS) is 11.0. The molecule has 0 unspecified atom stereocenters.